The number of imidazole rings is 1. The van der Waals surface area contributed by atoms with Crippen LogP contribution in [0.1, 0.15) is 36.4 Å². The minimum absolute atomic E-state index is 0.460. The maximum atomic E-state index is 9.63. The number of halogens is 1. The first-order valence-electron chi connectivity index (χ1n) is 8.89. The zero-order valence-electron chi connectivity index (χ0n) is 15.9. The number of allylic oxidation sites excluding steroid dienone is 1. The van der Waals surface area contributed by atoms with Gasteiger partial charge in [-0.25, -0.2) is 4.98 Å². The standard InChI is InChI=1S/C22H22BrN3O/c1-13(2)12-27-21-6-5-16(10-18(21)23)9-17(11-24)22-25-19-7-14(3)15(4)8-20(19)26-22/h5-10,13H,12H2,1-4H3,(H,25,26)/b17-9+. The van der Waals surface area contributed by atoms with Crippen molar-refractivity contribution in [3.05, 3.63) is 57.3 Å². The van der Waals surface area contributed by atoms with Crippen molar-refractivity contribution in [3.63, 3.8) is 0 Å². The van der Waals surface area contributed by atoms with Crippen molar-refractivity contribution in [3.8, 4) is 11.8 Å². The van der Waals surface area contributed by atoms with Crippen LogP contribution in [0.5, 0.6) is 5.75 Å². The summed E-state index contributed by atoms with van der Waals surface area (Å²) in [6, 6.07) is 12.2. The van der Waals surface area contributed by atoms with E-state index in [-0.39, 0.29) is 0 Å². The van der Waals surface area contributed by atoms with Gasteiger partial charge in [0.05, 0.1) is 27.7 Å². The Morgan fingerprint density at radius 3 is 2.67 bits per heavy atom. The van der Waals surface area contributed by atoms with Gasteiger partial charge in [0.15, 0.2) is 0 Å². The molecule has 138 valence electrons. The van der Waals surface area contributed by atoms with E-state index in [1.54, 1.807) is 0 Å². The molecular weight excluding hydrogens is 402 g/mol. The van der Waals surface area contributed by atoms with Crippen molar-refractivity contribution in [2.24, 2.45) is 5.92 Å². The normalized spacial score (nSPS) is 11.8. The summed E-state index contributed by atoms with van der Waals surface area (Å²) in [6.45, 7) is 9.01. The van der Waals surface area contributed by atoms with E-state index >= 15 is 0 Å². The molecule has 5 heteroatoms. The first kappa shape index (κ1) is 19.2. The summed E-state index contributed by atoms with van der Waals surface area (Å²) >= 11 is 3.55. The van der Waals surface area contributed by atoms with Crippen LogP contribution in [0.15, 0.2) is 34.8 Å². The van der Waals surface area contributed by atoms with Gasteiger partial charge < -0.3 is 9.72 Å². The van der Waals surface area contributed by atoms with Crippen LogP contribution in [-0.4, -0.2) is 16.6 Å². The summed E-state index contributed by atoms with van der Waals surface area (Å²) in [4.78, 5) is 7.84. The molecular formula is C22H22BrN3O. The van der Waals surface area contributed by atoms with E-state index < -0.39 is 0 Å². The topological polar surface area (TPSA) is 61.7 Å². The van der Waals surface area contributed by atoms with Gasteiger partial charge in [-0.05, 0) is 82.7 Å². The second-order valence-electron chi connectivity index (χ2n) is 7.10. The van der Waals surface area contributed by atoms with E-state index in [0.717, 1.165) is 26.8 Å². The predicted octanol–water partition coefficient (Wildman–Crippen LogP) is 6.04. The Morgan fingerprint density at radius 1 is 1.26 bits per heavy atom. The fraction of sp³-hybridized carbons (Fsp3) is 0.273. The molecule has 27 heavy (non-hydrogen) atoms. The molecule has 1 N–H and O–H groups in total. The van der Waals surface area contributed by atoms with Crippen molar-refractivity contribution in [2.75, 3.05) is 6.61 Å². The smallest absolute Gasteiger partial charge is 0.149 e. The van der Waals surface area contributed by atoms with Gasteiger partial charge in [0.1, 0.15) is 17.6 Å². The van der Waals surface area contributed by atoms with Crippen molar-refractivity contribution >= 4 is 38.6 Å². The molecule has 0 bridgehead atoms. The molecule has 0 aliphatic rings. The van der Waals surface area contributed by atoms with Gasteiger partial charge in [-0.1, -0.05) is 19.9 Å². The second-order valence-corrected chi connectivity index (χ2v) is 7.96. The van der Waals surface area contributed by atoms with E-state index in [0.29, 0.717) is 23.9 Å². The quantitative estimate of drug-likeness (QED) is 0.508. The largest absolute Gasteiger partial charge is 0.492 e. The van der Waals surface area contributed by atoms with Gasteiger partial charge >= 0.3 is 0 Å². The minimum atomic E-state index is 0.460. The number of nitrogens with zero attached hydrogens (tertiary/aromatic N) is 2. The Bertz CT molecular complexity index is 1020. The maximum Gasteiger partial charge on any atom is 0.149 e. The number of nitrogens with one attached hydrogen (secondary N) is 1. The van der Waals surface area contributed by atoms with Gasteiger partial charge in [0.25, 0.3) is 0 Å². The molecule has 0 fully saturated rings. The highest BCUT2D eigenvalue weighted by molar-refractivity contribution is 9.10. The van der Waals surface area contributed by atoms with Crippen LogP contribution < -0.4 is 4.74 Å². The average Bonchev–Trinajstić information content (AvgIpc) is 3.01. The van der Waals surface area contributed by atoms with Gasteiger partial charge in [0.2, 0.25) is 0 Å². The van der Waals surface area contributed by atoms with E-state index in [1.165, 1.54) is 11.1 Å². The Labute approximate surface area is 168 Å². The molecule has 0 atom stereocenters. The van der Waals surface area contributed by atoms with Gasteiger partial charge in [-0.15, -0.1) is 0 Å². The fourth-order valence-corrected chi connectivity index (χ4v) is 3.21. The Morgan fingerprint density at radius 2 is 2.00 bits per heavy atom. The third-order valence-electron chi connectivity index (χ3n) is 4.31. The van der Waals surface area contributed by atoms with Crippen LogP contribution in [-0.2, 0) is 0 Å². The Hall–Kier alpha value is -2.58. The van der Waals surface area contributed by atoms with Crippen molar-refractivity contribution in [1.82, 2.24) is 9.97 Å². The first-order chi connectivity index (χ1) is 12.9. The molecule has 0 aliphatic carbocycles. The highest BCUT2D eigenvalue weighted by atomic mass is 79.9. The van der Waals surface area contributed by atoms with E-state index in [4.69, 9.17) is 4.74 Å². The average molecular weight is 424 g/mol. The summed E-state index contributed by atoms with van der Waals surface area (Å²) in [5, 5.41) is 9.63. The van der Waals surface area contributed by atoms with E-state index in [1.807, 2.05) is 30.3 Å². The van der Waals surface area contributed by atoms with Crippen LogP contribution in [0.3, 0.4) is 0 Å². The number of aromatic nitrogens is 2. The van der Waals surface area contributed by atoms with Crippen LogP contribution in [0.4, 0.5) is 0 Å². The lowest BCUT2D eigenvalue weighted by molar-refractivity contribution is 0.269. The molecule has 4 nitrogen and oxygen atoms in total. The molecule has 2 aromatic carbocycles. The second kappa shape index (κ2) is 7.98. The molecule has 3 aromatic rings. The van der Waals surface area contributed by atoms with E-state index in [2.05, 4.69) is 65.7 Å². The Balaban J connectivity index is 1.92. The number of ether oxygens (including phenoxy) is 1. The third-order valence-corrected chi connectivity index (χ3v) is 4.93. The number of nitriles is 1. The van der Waals surface area contributed by atoms with Gasteiger partial charge in [-0.2, -0.15) is 5.26 Å². The summed E-state index contributed by atoms with van der Waals surface area (Å²) in [6.07, 6.45) is 1.83. The molecule has 0 aliphatic heterocycles. The number of benzene rings is 2. The fourth-order valence-electron chi connectivity index (χ4n) is 2.70. The highest BCUT2D eigenvalue weighted by Crippen LogP contribution is 2.28. The van der Waals surface area contributed by atoms with Crippen molar-refractivity contribution < 1.29 is 4.74 Å². The van der Waals surface area contributed by atoms with E-state index in [9.17, 15) is 5.26 Å². The van der Waals surface area contributed by atoms with Crippen LogP contribution in [0.25, 0.3) is 22.7 Å². The lowest BCUT2D eigenvalue weighted by atomic mass is 10.1. The highest BCUT2D eigenvalue weighted by Gasteiger charge is 2.10. The number of rotatable bonds is 5. The summed E-state index contributed by atoms with van der Waals surface area (Å²) in [7, 11) is 0. The van der Waals surface area contributed by atoms with Crippen molar-refractivity contribution in [2.45, 2.75) is 27.7 Å². The molecule has 0 saturated heterocycles. The summed E-state index contributed by atoms with van der Waals surface area (Å²) in [5.74, 6) is 1.84. The number of aromatic amines is 1. The molecule has 0 unspecified atom stereocenters. The number of aryl methyl sites for hydroxylation is 2. The molecule has 0 radical (unpaired) electrons. The predicted molar refractivity (Wildman–Crippen MR) is 114 cm³/mol. The maximum absolute atomic E-state index is 9.63. The molecule has 1 heterocycles. The van der Waals surface area contributed by atoms with Crippen LogP contribution in [0.2, 0.25) is 0 Å². The van der Waals surface area contributed by atoms with Crippen molar-refractivity contribution in [1.29, 1.82) is 5.26 Å². The molecule has 0 saturated carbocycles. The Kier molecular flexibility index (Phi) is 5.67. The van der Waals surface area contributed by atoms with Crippen LogP contribution >= 0.6 is 15.9 Å². The van der Waals surface area contributed by atoms with Gasteiger partial charge in [-0.3, -0.25) is 0 Å². The number of fused-ring (bicyclic) bond motifs is 1. The summed E-state index contributed by atoms with van der Waals surface area (Å²) in [5.41, 5.74) is 5.58. The third kappa shape index (κ3) is 4.40. The zero-order valence-corrected chi connectivity index (χ0v) is 17.5. The zero-order chi connectivity index (χ0) is 19.6. The number of hydrogen-bond acceptors (Lipinski definition) is 3. The minimum Gasteiger partial charge on any atom is -0.492 e. The monoisotopic (exact) mass is 423 g/mol. The summed E-state index contributed by atoms with van der Waals surface area (Å²) < 4.78 is 6.65. The lowest BCUT2D eigenvalue weighted by Crippen LogP contribution is -2.04. The van der Waals surface area contributed by atoms with Gasteiger partial charge in [0, 0.05) is 0 Å². The molecule has 3 rings (SSSR count). The molecule has 1 aromatic heterocycles. The molecule has 0 amide bonds. The number of hydrogen-bond donors (Lipinski definition) is 1. The van der Waals surface area contributed by atoms with Crippen LogP contribution in [0, 0.1) is 31.1 Å². The SMILES string of the molecule is Cc1cc2nc(/C(C#N)=C/c3ccc(OCC(C)C)c(Br)c3)[nH]c2cc1C. The number of H-pyrrole nitrogens is 1. The molecule has 0 spiro atoms. The lowest BCUT2D eigenvalue weighted by Gasteiger charge is -2.10. The first-order valence-corrected chi connectivity index (χ1v) is 9.68.